The molecule has 2 atom stereocenters. The van der Waals surface area contributed by atoms with Crippen molar-refractivity contribution in [3.63, 3.8) is 0 Å². The van der Waals surface area contributed by atoms with Crippen molar-refractivity contribution in [1.29, 1.82) is 0 Å². The molecular weight excluding hydrogens is 348 g/mol. The van der Waals surface area contributed by atoms with Crippen LogP contribution in [0.1, 0.15) is 37.1 Å². The van der Waals surface area contributed by atoms with Gasteiger partial charge in [0, 0.05) is 43.8 Å². The van der Waals surface area contributed by atoms with E-state index in [0.717, 1.165) is 36.5 Å². The van der Waals surface area contributed by atoms with Gasteiger partial charge < -0.3 is 10.1 Å². The number of ether oxygens (including phenoxy) is 1. The molecule has 1 fully saturated rings. The minimum Gasteiger partial charge on any atom is -0.373 e. The maximum absolute atomic E-state index is 12.2. The summed E-state index contributed by atoms with van der Waals surface area (Å²) in [5.74, 6) is -0.0129. The number of hydrogen-bond donors (Lipinski definition) is 1. The van der Waals surface area contributed by atoms with Crippen molar-refractivity contribution in [3.8, 4) is 0 Å². The molecule has 7 heteroatoms. The molecule has 2 aromatic heterocycles. The highest BCUT2D eigenvalue weighted by Gasteiger charge is 2.22. The van der Waals surface area contributed by atoms with Crippen LogP contribution < -0.4 is 5.32 Å². The maximum Gasteiger partial charge on any atom is 0.226 e. The molecule has 0 aromatic carbocycles. The fourth-order valence-corrected chi connectivity index (χ4v) is 3.99. The Kier molecular flexibility index (Phi) is 6.34. The third-order valence-electron chi connectivity index (χ3n) is 4.25. The summed E-state index contributed by atoms with van der Waals surface area (Å²) in [4.78, 5) is 23.2. The summed E-state index contributed by atoms with van der Waals surface area (Å²) in [5, 5.41) is 5.59. The summed E-state index contributed by atoms with van der Waals surface area (Å²) in [6.07, 6.45) is 5.23. The van der Waals surface area contributed by atoms with E-state index in [1.165, 1.54) is 11.3 Å². The number of anilines is 1. The number of pyridine rings is 1. The van der Waals surface area contributed by atoms with Gasteiger partial charge in [-0.15, -0.1) is 11.3 Å². The number of nitrogens with zero attached hydrogens (tertiary/aromatic N) is 3. The number of rotatable bonds is 6. The summed E-state index contributed by atoms with van der Waals surface area (Å²) in [6.45, 7) is 8.81. The Hall–Kier alpha value is -1.83. The van der Waals surface area contributed by atoms with Gasteiger partial charge in [0.2, 0.25) is 5.91 Å². The molecule has 0 aliphatic carbocycles. The Bertz CT molecular complexity index is 739. The molecule has 1 aliphatic rings. The Balaban J connectivity index is 1.47. The van der Waals surface area contributed by atoms with E-state index in [2.05, 4.69) is 40.1 Å². The van der Waals surface area contributed by atoms with Crippen LogP contribution >= 0.6 is 11.3 Å². The first-order valence-electron chi connectivity index (χ1n) is 9.00. The summed E-state index contributed by atoms with van der Waals surface area (Å²) in [6, 6.07) is 2.06. The van der Waals surface area contributed by atoms with E-state index < -0.39 is 0 Å². The predicted octanol–water partition coefficient (Wildman–Crippen LogP) is 3.03. The van der Waals surface area contributed by atoms with Gasteiger partial charge in [-0.1, -0.05) is 6.07 Å². The van der Waals surface area contributed by atoms with E-state index in [1.54, 1.807) is 0 Å². The van der Waals surface area contributed by atoms with E-state index in [9.17, 15) is 4.79 Å². The number of carbonyl (C=O) groups excluding carboxylic acids is 1. The van der Waals surface area contributed by atoms with Crippen LogP contribution in [0.4, 0.5) is 5.13 Å². The molecule has 3 rings (SSSR count). The molecule has 0 spiro atoms. The van der Waals surface area contributed by atoms with E-state index in [1.807, 2.05) is 24.7 Å². The molecule has 1 amide bonds. The van der Waals surface area contributed by atoms with Crippen LogP contribution in [0.15, 0.2) is 23.8 Å². The van der Waals surface area contributed by atoms with E-state index in [-0.39, 0.29) is 18.1 Å². The lowest BCUT2D eigenvalue weighted by Crippen LogP contribution is -2.44. The molecule has 0 radical (unpaired) electrons. The second-order valence-corrected chi connectivity index (χ2v) is 7.87. The van der Waals surface area contributed by atoms with Gasteiger partial charge in [-0.05, 0) is 38.3 Å². The SMILES string of the molecule is Cc1cncc(CCC(=O)Nc2nc(CN3C[C@@H](C)O[C@@H](C)C3)cs2)c1. The molecule has 1 saturated heterocycles. The normalized spacial score (nSPS) is 20.9. The fourth-order valence-electron chi connectivity index (χ4n) is 3.27. The Morgan fingerprint density at radius 1 is 1.35 bits per heavy atom. The average molecular weight is 375 g/mol. The molecule has 1 N–H and O–H groups in total. The zero-order valence-corrected chi connectivity index (χ0v) is 16.4. The van der Waals surface area contributed by atoms with Gasteiger partial charge in [0.1, 0.15) is 0 Å². The fraction of sp³-hybridized carbons (Fsp3) is 0.526. The van der Waals surface area contributed by atoms with E-state index >= 15 is 0 Å². The van der Waals surface area contributed by atoms with E-state index in [4.69, 9.17) is 4.74 Å². The number of hydrogen-bond acceptors (Lipinski definition) is 6. The number of carbonyl (C=O) groups is 1. The summed E-state index contributed by atoms with van der Waals surface area (Å²) < 4.78 is 5.76. The lowest BCUT2D eigenvalue weighted by atomic mass is 10.1. The van der Waals surface area contributed by atoms with Crippen LogP contribution in [0.25, 0.3) is 0 Å². The molecule has 140 valence electrons. The lowest BCUT2D eigenvalue weighted by molar-refractivity contribution is -0.116. The zero-order valence-electron chi connectivity index (χ0n) is 15.6. The molecule has 6 nitrogen and oxygen atoms in total. The van der Waals surface area contributed by atoms with Crippen LogP contribution in [0.3, 0.4) is 0 Å². The molecule has 2 aromatic rings. The summed E-state index contributed by atoms with van der Waals surface area (Å²) >= 11 is 1.48. The minimum absolute atomic E-state index is 0.0129. The van der Waals surface area contributed by atoms with Gasteiger partial charge in [0.05, 0.1) is 17.9 Å². The van der Waals surface area contributed by atoms with Gasteiger partial charge in [-0.25, -0.2) is 4.98 Å². The lowest BCUT2D eigenvalue weighted by Gasteiger charge is -2.34. The van der Waals surface area contributed by atoms with Crippen LogP contribution in [0, 0.1) is 6.92 Å². The Morgan fingerprint density at radius 2 is 2.12 bits per heavy atom. The van der Waals surface area contributed by atoms with Crippen LogP contribution in [-0.2, 0) is 22.5 Å². The van der Waals surface area contributed by atoms with Crippen LogP contribution in [0.2, 0.25) is 0 Å². The third kappa shape index (κ3) is 5.59. The second-order valence-electron chi connectivity index (χ2n) is 7.01. The van der Waals surface area contributed by atoms with Gasteiger partial charge in [-0.3, -0.25) is 14.7 Å². The summed E-state index contributed by atoms with van der Waals surface area (Å²) in [5.41, 5.74) is 3.18. The van der Waals surface area contributed by atoms with Crippen molar-refractivity contribution in [3.05, 3.63) is 40.7 Å². The molecule has 3 heterocycles. The van der Waals surface area contributed by atoms with Gasteiger partial charge in [-0.2, -0.15) is 0 Å². The predicted molar refractivity (Wildman–Crippen MR) is 103 cm³/mol. The molecule has 26 heavy (non-hydrogen) atoms. The van der Waals surface area contributed by atoms with Crippen molar-refractivity contribution < 1.29 is 9.53 Å². The Morgan fingerprint density at radius 3 is 2.85 bits per heavy atom. The van der Waals surface area contributed by atoms with Crippen LogP contribution in [0.5, 0.6) is 0 Å². The van der Waals surface area contributed by atoms with Crippen molar-refractivity contribution in [1.82, 2.24) is 14.9 Å². The first-order valence-corrected chi connectivity index (χ1v) is 9.88. The largest absolute Gasteiger partial charge is 0.373 e. The monoisotopic (exact) mass is 374 g/mol. The molecular formula is C19H26N4O2S. The topological polar surface area (TPSA) is 67.4 Å². The number of amides is 1. The van der Waals surface area contributed by atoms with Crippen molar-refractivity contribution in [2.45, 2.75) is 52.4 Å². The number of morpholine rings is 1. The van der Waals surface area contributed by atoms with Gasteiger partial charge in [0.25, 0.3) is 0 Å². The second kappa shape index (κ2) is 8.70. The highest BCUT2D eigenvalue weighted by Crippen LogP contribution is 2.19. The number of nitrogens with one attached hydrogen (secondary N) is 1. The maximum atomic E-state index is 12.2. The number of aromatic nitrogens is 2. The minimum atomic E-state index is -0.0129. The van der Waals surface area contributed by atoms with Crippen LogP contribution in [-0.4, -0.2) is 46.1 Å². The Labute approximate surface area is 158 Å². The zero-order chi connectivity index (χ0) is 18.5. The first kappa shape index (κ1) is 18.9. The molecule has 0 saturated carbocycles. The standard InChI is InChI=1S/C19H26N4O2S/c1-13-6-16(8-20-7-13)4-5-18(24)22-19-21-17(12-26-19)11-23-9-14(2)25-15(3)10-23/h6-8,12,14-15H,4-5,9-11H2,1-3H3,(H,21,22,24)/t14-,15+. The molecule has 0 bridgehead atoms. The smallest absolute Gasteiger partial charge is 0.226 e. The number of aryl methyl sites for hydroxylation is 2. The first-order chi connectivity index (χ1) is 12.5. The van der Waals surface area contributed by atoms with Gasteiger partial charge in [0.15, 0.2) is 5.13 Å². The van der Waals surface area contributed by atoms with Crippen molar-refractivity contribution >= 4 is 22.4 Å². The number of thiazole rings is 1. The molecule has 1 aliphatic heterocycles. The van der Waals surface area contributed by atoms with E-state index in [0.29, 0.717) is 18.0 Å². The average Bonchev–Trinajstić information content (AvgIpc) is 2.99. The highest BCUT2D eigenvalue weighted by atomic mass is 32.1. The third-order valence-corrected chi connectivity index (χ3v) is 5.06. The highest BCUT2D eigenvalue weighted by molar-refractivity contribution is 7.13. The summed E-state index contributed by atoms with van der Waals surface area (Å²) in [7, 11) is 0. The molecule has 0 unspecified atom stereocenters. The van der Waals surface area contributed by atoms with Crippen molar-refractivity contribution in [2.24, 2.45) is 0 Å². The van der Waals surface area contributed by atoms with Crippen molar-refractivity contribution in [2.75, 3.05) is 18.4 Å². The quantitative estimate of drug-likeness (QED) is 0.842. The van der Waals surface area contributed by atoms with Gasteiger partial charge >= 0.3 is 0 Å².